The summed E-state index contributed by atoms with van der Waals surface area (Å²) in [6, 6.07) is 8.68. The Morgan fingerprint density at radius 1 is 1.18 bits per heavy atom. The lowest BCUT2D eigenvalue weighted by molar-refractivity contribution is 0.210. The highest BCUT2D eigenvalue weighted by molar-refractivity contribution is 5.28. The molecule has 0 amide bonds. The average molecular weight is 232 g/mol. The van der Waals surface area contributed by atoms with Gasteiger partial charge in [-0.05, 0) is 56.2 Å². The summed E-state index contributed by atoms with van der Waals surface area (Å²) in [6.07, 6.45) is 10.7. The number of rotatable bonds is 6. The van der Waals surface area contributed by atoms with E-state index in [1.165, 1.54) is 56.9 Å². The van der Waals surface area contributed by atoms with Crippen LogP contribution in [0.4, 0.5) is 0 Å². The van der Waals surface area contributed by atoms with E-state index in [0.29, 0.717) is 6.10 Å². The standard InChI is InChI=1S/C16H24O/c1-2-3-4-8-14-9-7-12-16(13-14)17-15-10-5-6-11-15/h7,9,12-13,15H,2-6,8,10-11H2,1H3. The predicted octanol–water partition coefficient (Wildman–Crippen LogP) is 4.74. The van der Waals surface area contributed by atoms with Crippen LogP contribution < -0.4 is 4.74 Å². The van der Waals surface area contributed by atoms with Crippen molar-refractivity contribution in [3.05, 3.63) is 29.8 Å². The minimum absolute atomic E-state index is 0.473. The van der Waals surface area contributed by atoms with Gasteiger partial charge in [-0.15, -0.1) is 0 Å². The van der Waals surface area contributed by atoms with Crippen LogP contribution in [0.2, 0.25) is 0 Å². The molecule has 17 heavy (non-hydrogen) atoms. The minimum Gasteiger partial charge on any atom is -0.490 e. The molecule has 0 spiro atoms. The number of hydrogen-bond donors (Lipinski definition) is 0. The third-order valence-electron chi connectivity index (χ3n) is 3.57. The van der Waals surface area contributed by atoms with Crippen molar-refractivity contribution in [2.24, 2.45) is 0 Å². The van der Waals surface area contributed by atoms with Crippen LogP contribution in [-0.2, 0) is 6.42 Å². The highest BCUT2D eigenvalue weighted by Crippen LogP contribution is 2.24. The fraction of sp³-hybridized carbons (Fsp3) is 0.625. The van der Waals surface area contributed by atoms with Crippen molar-refractivity contribution in [3.63, 3.8) is 0 Å². The number of benzene rings is 1. The third kappa shape index (κ3) is 4.07. The molecule has 2 rings (SSSR count). The van der Waals surface area contributed by atoms with Gasteiger partial charge in [0.15, 0.2) is 0 Å². The average Bonchev–Trinajstić information content (AvgIpc) is 2.83. The lowest BCUT2D eigenvalue weighted by Crippen LogP contribution is -2.10. The van der Waals surface area contributed by atoms with Gasteiger partial charge in [-0.1, -0.05) is 31.9 Å². The van der Waals surface area contributed by atoms with Crippen LogP contribution in [0.5, 0.6) is 5.75 Å². The van der Waals surface area contributed by atoms with Gasteiger partial charge in [0.25, 0.3) is 0 Å². The summed E-state index contributed by atoms with van der Waals surface area (Å²) >= 11 is 0. The predicted molar refractivity (Wildman–Crippen MR) is 72.6 cm³/mol. The second-order valence-corrected chi connectivity index (χ2v) is 5.13. The molecule has 0 radical (unpaired) electrons. The van der Waals surface area contributed by atoms with Crippen molar-refractivity contribution in [1.82, 2.24) is 0 Å². The number of ether oxygens (including phenoxy) is 1. The second-order valence-electron chi connectivity index (χ2n) is 5.13. The van der Waals surface area contributed by atoms with Crippen LogP contribution in [0.1, 0.15) is 57.4 Å². The first-order chi connectivity index (χ1) is 8.38. The molecule has 1 aliphatic carbocycles. The van der Waals surface area contributed by atoms with Crippen LogP contribution in [0.3, 0.4) is 0 Å². The van der Waals surface area contributed by atoms with Crippen LogP contribution in [0.15, 0.2) is 24.3 Å². The minimum atomic E-state index is 0.473. The molecular formula is C16H24O. The zero-order chi connectivity index (χ0) is 11.9. The van der Waals surface area contributed by atoms with Gasteiger partial charge in [-0.2, -0.15) is 0 Å². The van der Waals surface area contributed by atoms with Crippen molar-refractivity contribution >= 4 is 0 Å². The molecule has 1 aliphatic rings. The highest BCUT2D eigenvalue weighted by atomic mass is 16.5. The Morgan fingerprint density at radius 2 is 2.00 bits per heavy atom. The van der Waals surface area contributed by atoms with Gasteiger partial charge < -0.3 is 4.74 Å². The molecule has 1 nitrogen and oxygen atoms in total. The van der Waals surface area contributed by atoms with E-state index >= 15 is 0 Å². The molecular weight excluding hydrogens is 208 g/mol. The quantitative estimate of drug-likeness (QED) is 0.644. The van der Waals surface area contributed by atoms with E-state index in [4.69, 9.17) is 4.74 Å². The monoisotopic (exact) mass is 232 g/mol. The van der Waals surface area contributed by atoms with Crippen molar-refractivity contribution in [2.45, 2.75) is 64.4 Å². The van der Waals surface area contributed by atoms with E-state index in [0.717, 1.165) is 5.75 Å². The van der Waals surface area contributed by atoms with Crippen molar-refractivity contribution < 1.29 is 4.74 Å². The van der Waals surface area contributed by atoms with E-state index in [-0.39, 0.29) is 0 Å². The Bertz CT molecular complexity index is 326. The maximum absolute atomic E-state index is 6.02. The summed E-state index contributed by atoms with van der Waals surface area (Å²) < 4.78 is 6.02. The highest BCUT2D eigenvalue weighted by Gasteiger charge is 2.16. The summed E-state index contributed by atoms with van der Waals surface area (Å²) in [5.41, 5.74) is 1.42. The molecule has 0 bridgehead atoms. The first-order valence-corrected chi connectivity index (χ1v) is 7.14. The summed E-state index contributed by atoms with van der Waals surface area (Å²) in [4.78, 5) is 0. The van der Waals surface area contributed by atoms with E-state index in [1.807, 2.05) is 0 Å². The van der Waals surface area contributed by atoms with Crippen LogP contribution in [-0.4, -0.2) is 6.10 Å². The molecule has 0 heterocycles. The Labute approximate surface area is 105 Å². The zero-order valence-electron chi connectivity index (χ0n) is 11.0. The number of hydrogen-bond acceptors (Lipinski definition) is 1. The molecule has 0 N–H and O–H groups in total. The SMILES string of the molecule is CCCCCc1cccc(OC2CCCC2)c1. The summed E-state index contributed by atoms with van der Waals surface area (Å²) in [7, 11) is 0. The molecule has 0 aromatic heterocycles. The zero-order valence-corrected chi connectivity index (χ0v) is 11.0. The lowest BCUT2D eigenvalue weighted by atomic mass is 10.1. The maximum Gasteiger partial charge on any atom is 0.119 e. The Morgan fingerprint density at radius 3 is 2.76 bits per heavy atom. The van der Waals surface area contributed by atoms with Gasteiger partial charge >= 0.3 is 0 Å². The first-order valence-electron chi connectivity index (χ1n) is 7.14. The molecule has 1 fully saturated rings. The Balaban J connectivity index is 1.86. The fourth-order valence-corrected chi connectivity index (χ4v) is 2.55. The normalized spacial score (nSPS) is 16.3. The third-order valence-corrected chi connectivity index (χ3v) is 3.57. The Kier molecular flexibility index (Phi) is 4.90. The molecule has 1 heteroatoms. The molecule has 0 aliphatic heterocycles. The smallest absolute Gasteiger partial charge is 0.119 e. The van der Waals surface area contributed by atoms with Gasteiger partial charge in [-0.25, -0.2) is 0 Å². The van der Waals surface area contributed by atoms with Crippen molar-refractivity contribution in [2.75, 3.05) is 0 Å². The number of aryl methyl sites for hydroxylation is 1. The van der Waals surface area contributed by atoms with E-state index in [1.54, 1.807) is 0 Å². The van der Waals surface area contributed by atoms with Crippen LogP contribution >= 0.6 is 0 Å². The summed E-state index contributed by atoms with van der Waals surface area (Å²) in [5.74, 6) is 1.07. The van der Waals surface area contributed by atoms with Gasteiger partial charge in [0.05, 0.1) is 6.10 Å². The Hall–Kier alpha value is -0.980. The van der Waals surface area contributed by atoms with Gasteiger partial charge in [0.2, 0.25) is 0 Å². The molecule has 0 atom stereocenters. The van der Waals surface area contributed by atoms with Gasteiger partial charge in [0, 0.05) is 0 Å². The van der Waals surface area contributed by atoms with E-state index in [2.05, 4.69) is 31.2 Å². The maximum atomic E-state index is 6.02. The largest absolute Gasteiger partial charge is 0.490 e. The molecule has 0 unspecified atom stereocenters. The van der Waals surface area contributed by atoms with Gasteiger partial charge in [-0.3, -0.25) is 0 Å². The molecule has 1 aromatic carbocycles. The van der Waals surface area contributed by atoms with Crippen molar-refractivity contribution in [3.8, 4) is 5.75 Å². The van der Waals surface area contributed by atoms with E-state index in [9.17, 15) is 0 Å². The molecule has 0 saturated heterocycles. The topological polar surface area (TPSA) is 9.23 Å². The van der Waals surface area contributed by atoms with Gasteiger partial charge in [0.1, 0.15) is 5.75 Å². The lowest BCUT2D eigenvalue weighted by Gasteiger charge is -2.13. The summed E-state index contributed by atoms with van der Waals surface area (Å²) in [5, 5.41) is 0. The fourth-order valence-electron chi connectivity index (χ4n) is 2.55. The molecule has 1 aromatic rings. The first kappa shape index (κ1) is 12.5. The van der Waals surface area contributed by atoms with Crippen LogP contribution in [0.25, 0.3) is 0 Å². The second kappa shape index (κ2) is 6.68. The van der Waals surface area contributed by atoms with E-state index < -0.39 is 0 Å². The van der Waals surface area contributed by atoms with Crippen molar-refractivity contribution in [1.29, 1.82) is 0 Å². The number of unbranched alkanes of at least 4 members (excludes halogenated alkanes) is 2. The molecule has 94 valence electrons. The summed E-state index contributed by atoms with van der Waals surface area (Å²) in [6.45, 7) is 2.25. The molecule has 1 saturated carbocycles. The van der Waals surface area contributed by atoms with Crippen LogP contribution in [0, 0.1) is 0 Å².